The number of carbonyl (C=O) groups is 1. The molecule has 3 aromatic carbocycles. The van der Waals surface area contributed by atoms with Crippen LogP contribution in [0, 0.1) is 5.92 Å². The van der Waals surface area contributed by atoms with Crippen LogP contribution in [0.4, 0.5) is 5.69 Å². The van der Waals surface area contributed by atoms with Crippen LogP contribution in [-0.4, -0.2) is 24.0 Å². The minimum atomic E-state index is -0.656. The molecule has 1 heterocycles. The van der Waals surface area contributed by atoms with Crippen LogP contribution in [0.5, 0.6) is 5.75 Å². The Kier molecular flexibility index (Phi) is 5.99. The molecule has 1 aliphatic rings. The van der Waals surface area contributed by atoms with Crippen molar-refractivity contribution in [1.82, 2.24) is 4.90 Å². The Morgan fingerprint density at radius 2 is 1.61 bits per heavy atom. The topological polar surface area (TPSA) is 41.6 Å². The number of rotatable bonds is 7. The van der Waals surface area contributed by atoms with Crippen LogP contribution in [0.1, 0.15) is 42.3 Å². The summed E-state index contributed by atoms with van der Waals surface area (Å²) < 4.78 is 5.85. The van der Waals surface area contributed by atoms with Gasteiger partial charge in [0.2, 0.25) is 0 Å². The summed E-state index contributed by atoms with van der Waals surface area (Å²) >= 11 is 0. The van der Waals surface area contributed by atoms with E-state index in [1.807, 2.05) is 59.5 Å². The summed E-state index contributed by atoms with van der Waals surface area (Å²) in [6, 6.07) is 26.1. The first-order valence-electron chi connectivity index (χ1n) is 10.9. The number of amides is 1. The van der Waals surface area contributed by atoms with Gasteiger partial charge in [0.1, 0.15) is 11.4 Å². The molecule has 3 aromatic rings. The van der Waals surface area contributed by atoms with Gasteiger partial charge in [0.25, 0.3) is 5.91 Å². The van der Waals surface area contributed by atoms with Crippen molar-refractivity contribution in [3.63, 3.8) is 0 Å². The van der Waals surface area contributed by atoms with E-state index in [1.54, 1.807) is 0 Å². The van der Waals surface area contributed by atoms with Gasteiger partial charge in [-0.3, -0.25) is 4.79 Å². The standard InChI is InChI=1S/C27H30N2O2/c1-20(2)19-31-23-15-13-22(14-16-23)27(3)28-25-12-8-7-11-24(25)26(30)29(27)18-17-21-9-5-4-6-10-21/h4-16,20,28H,17-19H2,1-3H3. The number of nitrogens with one attached hydrogen (secondary N) is 1. The van der Waals surface area contributed by atoms with Gasteiger partial charge >= 0.3 is 0 Å². The monoisotopic (exact) mass is 414 g/mol. The zero-order valence-electron chi connectivity index (χ0n) is 18.5. The Morgan fingerprint density at radius 1 is 0.935 bits per heavy atom. The van der Waals surface area contributed by atoms with Crippen LogP contribution in [0.25, 0.3) is 0 Å². The first kappa shape index (κ1) is 21.0. The fraction of sp³-hybridized carbons (Fsp3) is 0.296. The maximum absolute atomic E-state index is 13.5. The summed E-state index contributed by atoms with van der Waals surface area (Å²) in [4.78, 5) is 15.5. The van der Waals surface area contributed by atoms with Crippen molar-refractivity contribution in [3.8, 4) is 5.75 Å². The van der Waals surface area contributed by atoms with Crippen molar-refractivity contribution in [2.24, 2.45) is 5.92 Å². The summed E-state index contributed by atoms with van der Waals surface area (Å²) in [5.74, 6) is 1.37. The van der Waals surface area contributed by atoms with Crippen LogP contribution >= 0.6 is 0 Å². The SMILES string of the molecule is CC(C)COc1ccc(C2(C)Nc3ccccc3C(=O)N2CCc2ccccc2)cc1. The second-order valence-corrected chi connectivity index (χ2v) is 8.66. The number of hydrogen-bond acceptors (Lipinski definition) is 3. The third kappa shape index (κ3) is 4.43. The molecule has 4 heteroatoms. The summed E-state index contributed by atoms with van der Waals surface area (Å²) in [7, 11) is 0. The molecule has 4 nitrogen and oxygen atoms in total. The fourth-order valence-electron chi connectivity index (χ4n) is 4.03. The smallest absolute Gasteiger partial charge is 0.258 e. The molecule has 0 fully saturated rings. The Hall–Kier alpha value is -3.27. The molecule has 0 aliphatic carbocycles. The lowest BCUT2D eigenvalue weighted by molar-refractivity contribution is 0.0539. The number of anilines is 1. The Labute approximate surface area is 184 Å². The lowest BCUT2D eigenvalue weighted by Crippen LogP contribution is -2.56. The summed E-state index contributed by atoms with van der Waals surface area (Å²) in [5, 5.41) is 3.64. The van der Waals surface area contributed by atoms with Crippen LogP contribution in [-0.2, 0) is 12.1 Å². The number of hydrogen-bond donors (Lipinski definition) is 1. The number of fused-ring (bicyclic) bond motifs is 1. The molecule has 31 heavy (non-hydrogen) atoms. The van der Waals surface area contributed by atoms with E-state index >= 15 is 0 Å². The van der Waals surface area contributed by atoms with Gasteiger partial charge in [0, 0.05) is 12.2 Å². The van der Waals surface area contributed by atoms with E-state index in [0.29, 0.717) is 24.6 Å². The van der Waals surface area contributed by atoms with Crippen molar-refractivity contribution in [1.29, 1.82) is 0 Å². The lowest BCUT2D eigenvalue weighted by Gasteiger charge is -2.47. The van der Waals surface area contributed by atoms with Crippen molar-refractivity contribution in [2.75, 3.05) is 18.5 Å². The molecular weight excluding hydrogens is 384 g/mol. The van der Waals surface area contributed by atoms with Crippen molar-refractivity contribution in [3.05, 3.63) is 95.6 Å². The average molecular weight is 415 g/mol. The molecule has 1 N–H and O–H groups in total. The molecule has 4 rings (SSSR count). The highest BCUT2D eigenvalue weighted by Crippen LogP contribution is 2.38. The molecule has 0 saturated carbocycles. The van der Waals surface area contributed by atoms with Gasteiger partial charge in [-0.05, 0) is 54.7 Å². The number of carbonyl (C=O) groups excluding carboxylic acids is 1. The maximum Gasteiger partial charge on any atom is 0.258 e. The van der Waals surface area contributed by atoms with E-state index in [9.17, 15) is 4.79 Å². The maximum atomic E-state index is 13.5. The molecule has 160 valence electrons. The first-order chi connectivity index (χ1) is 15.0. The number of para-hydroxylation sites is 1. The molecule has 1 aliphatic heterocycles. The van der Waals surface area contributed by atoms with E-state index in [4.69, 9.17) is 4.74 Å². The van der Waals surface area contributed by atoms with Gasteiger partial charge in [0.15, 0.2) is 0 Å². The van der Waals surface area contributed by atoms with E-state index in [1.165, 1.54) is 5.56 Å². The average Bonchev–Trinajstić information content (AvgIpc) is 2.78. The molecule has 1 amide bonds. The molecule has 0 aromatic heterocycles. The minimum absolute atomic E-state index is 0.0490. The third-order valence-electron chi connectivity index (χ3n) is 5.79. The Morgan fingerprint density at radius 3 is 2.32 bits per heavy atom. The number of ether oxygens (including phenoxy) is 1. The second-order valence-electron chi connectivity index (χ2n) is 8.66. The predicted molar refractivity (Wildman–Crippen MR) is 125 cm³/mol. The lowest BCUT2D eigenvalue weighted by atomic mass is 9.93. The second kappa shape index (κ2) is 8.84. The van der Waals surface area contributed by atoms with Gasteiger partial charge in [0.05, 0.1) is 12.2 Å². The van der Waals surface area contributed by atoms with Crippen LogP contribution in [0.15, 0.2) is 78.9 Å². The molecular formula is C27H30N2O2. The van der Waals surface area contributed by atoms with E-state index in [-0.39, 0.29) is 5.91 Å². The van der Waals surface area contributed by atoms with Crippen molar-refractivity contribution in [2.45, 2.75) is 32.9 Å². The Balaban J connectivity index is 1.65. The van der Waals surface area contributed by atoms with Crippen molar-refractivity contribution < 1.29 is 9.53 Å². The van der Waals surface area contributed by atoms with E-state index < -0.39 is 5.66 Å². The highest BCUT2D eigenvalue weighted by molar-refractivity contribution is 6.02. The fourth-order valence-corrected chi connectivity index (χ4v) is 4.03. The van der Waals surface area contributed by atoms with Gasteiger partial charge in [-0.25, -0.2) is 0 Å². The van der Waals surface area contributed by atoms with Crippen molar-refractivity contribution >= 4 is 11.6 Å². The normalized spacial score (nSPS) is 17.9. The third-order valence-corrected chi connectivity index (χ3v) is 5.79. The molecule has 0 radical (unpaired) electrons. The van der Waals surface area contributed by atoms with Gasteiger partial charge in [-0.1, -0.05) is 68.4 Å². The van der Waals surface area contributed by atoms with Crippen LogP contribution < -0.4 is 10.1 Å². The van der Waals surface area contributed by atoms with E-state index in [2.05, 4.69) is 50.4 Å². The quantitative estimate of drug-likeness (QED) is 0.539. The summed E-state index contributed by atoms with van der Waals surface area (Å²) in [6.07, 6.45) is 0.793. The zero-order valence-corrected chi connectivity index (χ0v) is 18.5. The first-order valence-corrected chi connectivity index (χ1v) is 10.9. The van der Waals surface area contributed by atoms with Gasteiger partial charge in [-0.15, -0.1) is 0 Å². The Bertz CT molecular complexity index is 1030. The highest BCUT2D eigenvalue weighted by Gasteiger charge is 2.42. The predicted octanol–water partition coefficient (Wildman–Crippen LogP) is 5.70. The molecule has 1 unspecified atom stereocenters. The van der Waals surface area contributed by atoms with Crippen LogP contribution in [0.2, 0.25) is 0 Å². The molecule has 1 atom stereocenters. The number of benzene rings is 3. The molecule has 0 saturated heterocycles. The molecule has 0 spiro atoms. The van der Waals surface area contributed by atoms with Gasteiger partial charge in [-0.2, -0.15) is 0 Å². The zero-order chi connectivity index (χ0) is 21.8. The van der Waals surface area contributed by atoms with E-state index in [0.717, 1.165) is 23.4 Å². The summed E-state index contributed by atoms with van der Waals surface area (Å²) in [6.45, 7) is 7.65. The number of nitrogens with zero attached hydrogens (tertiary/aromatic N) is 1. The minimum Gasteiger partial charge on any atom is -0.493 e. The summed E-state index contributed by atoms with van der Waals surface area (Å²) in [5.41, 5.74) is 3.17. The molecule has 0 bridgehead atoms. The largest absolute Gasteiger partial charge is 0.493 e. The van der Waals surface area contributed by atoms with Gasteiger partial charge < -0.3 is 15.0 Å². The van der Waals surface area contributed by atoms with Crippen LogP contribution in [0.3, 0.4) is 0 Å². The highest BCUT2D eigenvalue weighted by atomic mass is 16.5.